The SMILES string of the molecule is CC1(C)c2cc3c(cc2-c2c1ccc1ccc(-c4ccc5c6c(ccc5c4)-c4ccc5oc7cc(-c8ccc(-c9c%10ccccc%10c(-c%10cccc%11ccccc%10%11)c%10ccccc9%10)c9ccccc89)ccc7c5c4C6(C)C)cc21)oc1cc(-c2ccc(-c4c5ccccc5c(-c5cccc6ccccc56)c5ccccc45)c4ccccc24)ccc13. The van der Waals surface area contributed by atoms with Crippen LogP contribution in [0.1, 0.15) is 49.9 Å². The predicted molar refractivity (Wildman–Crippen MR) is 509 cm³/mol. The minimum atomic E-state index is -0.339. The van der Waals surface area contributed by atoms with E-state index in [0.717, 1.165) is 49.6 Å². The second kappa shape index (κ2) is 24.8. The molecule has 0 saturated carbocycles. The fraction of sp³-hybridized carbons (Fsp3) is 0.0508. The molecule has 2 aliphatic carbocycles. The third-order valence-electron chi connectivity index (χ3n) is 27.8. The third kappa shape index (κ3) is 9.39. The summed E-state index contributed by atoms with van der Waals surface area (Å²) in [5.74, 6) is 0. The number of hydrogen-bond donors (Lipinski definition) is 0. The molecule has 0 atom stereocenters. The van der Waals surface area contributed by atoms with Gasteiger partial charge in [-0.3, -0.25) is 0 Å². The largest absolute Gasteiger partial charge is 0.456 e. The second-order valence-electron chi connectivity index (χ2n) is 34.6. The van der Waals surface area contributed by atoms with Crippen LogP contribution >= 0.6 is 0 Å². The van der Waals surface area contributed by atoms with E-state index in [4.69, 9.17) is 8.83 Å². The molecule has 0 spiro atoms. The number of fused-ring (bicyclic) bond motifs is 25. The van der Waals surface area contributed by atoms with Crippen LogP contribution in [0, 0.1) is 0 Å². The highest BCUT2D eigenvalue weighted by Gasteiger charge is 2.41. The highest BCUT2D eigenvalue weighted by atomic mass is 16.3. The maximum atomic E-state index is 7.12. The van der Waals surface area contributed by atoms with Crippen molar-refractivity contribution in [3.8, 4) is 100 Å². The molecule has 26 rings (SSSR count). The van der Waals surface area contributed by atoms with Gasteiger partial charge in [0.2, 0.25) is 0 Å². The van der Waals surface area contributed by atoms with Gasteiger partial charge in [0.15, 0.2) is 0 Å². The lowest BCUT2D eigenvalue weighted by Gasteiger charge is -2.24. The molecule has 0 unspecified atom stereocenters. The molecule has 2 nitrogen and oxygen atoms in total. The number of benzene rings is 22. The highest BCUT2D eigenvalue weighted by molar-refractivity contribution is 6.29. The van der Waals surface area contributed by atoms with Crippen molar-refractivity contribution < 1.29 is 8.83 Å². The molecule has 0 N–H and O–H groups in total. The molecule has 0 amide bonds. The summed E-state index contributed by atoms with van der Waals surface area (Å²) in [5.41, 5.74) is 30.5. The van der Waals surface area contributed by atoms with Crippen LogP contribution < -0.4 is 0 Å². The van der Waals surface area contributed by atoms with Gasteiger partial charge >= 0.3 is 0 Å². The lowest BCUT2D eigenvalue weighted by Crippen LogP contribution is -2.16. The first-order chi connectivity index (χ1) is 59.0. The highest BCUT2D eigenvalue weighted by Crippen LogP contribution is 2.59. The molecular formula is C118H74O2. The molecule has 120 heavy (non-hydrogen) atoms. The molecule has 558 valence electrons. The Hall–Kier alpha value is -15.0. The number of rotatable bonds is 7. The van der Waals surface area contributed by atoms with Crippen molar-refractivity contribution in [2.75, 3.05) is 0 Å². The molecule has 0 saturated heterocycles. The topological polar surface area (TPSA) is 26.3 Å². The van der Waals surface area contributed by atoms with E-state index in [9.17, 15) is 0 Å². The van der Waals surface area contributed by atoms with Crippen molar-refractivity contribution >= 4 is 152 Å². The van der Waals surface area contributed by atoms with E-state index >= 15 is 0 Å². The zero-order valence-electron chi connectivity index (χ0n) is 66.6. The minimum absolute atomic E-state index is 0.254. The zero-order chi connectivity index (χ0) is 79.1. The summed E-state index contributed by atoms with van der Waals surface area (Å²) in [6, 6.07) is 141. The number of furan rings is 2. The molecule has 0 bridgehead atoms. The van der Waals surface area contributed by atoms with E-state index in [1.807, 2.05) is 0 Å². The molecule has 24 aromatic rings. The van der Waals surface area contributed by atoms with Crippen LogP contribution in [0.5, 0.6) is 0 Å². The molecule has 2 aliphatic rings. The molecule has 2 heterocycles. The van der Waals surface area contributed by atoms with Gasteiger partial charge < -0.3 is 8.83 Å². The summed E-state index contributed by atoms with van der Waals surface area (Å²) in [7, 11) is 0. The van der Waals surface area contributed by atoms with E-state index < -0.39 is 0 Å². The average molecular weight is 1520 g/mol. The smallest absolute Gasteiger partial charge is 0.136 e. The predicted octanol–water partition coefficient (Wildman–Crippen LogP) is 33.3. The quantitative estimate of drug-likeness (QED) is 0.149. The first-order valence-corrected chi connectivity index (χ1v) is 42.1. The van der Waals surface area contributed by atoms with Crippen molar-refractivity contribution in [3.05, 3.63) is 398 Å². The van der Waals surface area contributed by atoms with E-state index in [1.165, 1.54) is 224 Å². The Balaban J connectivity index is 0.530. The fourth-order valence-corrected chi connectivity index (χ4v) is 22.5. The molecule has 2 aromatic heterocycles. The van der Waals surface area contributed by atoms with Gasteiger partial charge in [-0.25, -0.2) is 0 Å². The van der Waals surface area contributed by atoms with Crippen LogP contribution in [0.2, 0.25) is 0 Å². The second-order valence-corrected chi connectivity index (χ2v) is 34.6. The van der Waals surface area contributed by atoms with Gasteiger partial charge in [0, 0.05) is 32.4 Å². The first kappa shape index (κ1) is 67.2. The summed E-state index contributed by atoms with van der Waals surface area (Å²) >= 11 is 0. The van der Waals surface area contributed by atoms with Crippen LogP contribution in [0.3, 0.4) is 0 Å². The molecule has 22 aromatic carbocycles. The summed E-state index contributed by atoms with van der Waals surface area (Å²) < 4.78 is 14.2. The van der Waals surface area contributed by atoms with Crippen LogP contribution in [-0.2, 0) is 10.8 Å². The first-order valence-electron chi connectivity index (χ1n) is 42.1. The third-order valence-corrected chi connectivity index (χ3v) is 27.8. The summed E-state index contributed by atoms with van der Waals surface area (Å²) in [6.07, 6.45) is 0. The molecule has 0 radical (unpaired) electrons. The average Bonchev–Trinajstić information content (AvgIpc) is 1.53. The lowest BCUT2D eigenvalue weighted by molar-refractivity contribution is 0.658. The van der Waals surface area contributed by atoms with E-state index in [1.54, 1.807) is 0 Å². The van der Waals surface area contributed by atoms with Gasteiger partial charge in [0.25, 0.3) is 0 Å². The Kier molecular flexibility index (Phi) is 13.9. The zero-order valence-corrected chi connectivity index (χ0v) is 66.6. The summed E-state index contributed by atoms with van der Waals surface area (Å²) in [5, 5.41) is 29.4. The van der Waals surface area contributed by atoms with Crippen LogP contribution in [0.25, 0.3) is 252 Å². The van der Waals surface area contributed by atoms with Crippen molar-refractivity contribution in [1.82, 2.24) is 0 Å². The number of hydrogen-bond acceptors (Lipinski definition) is 2. The maximum Gasteiger partial charge on any atom is 0.136 e. The van der Waals surface area contributed by atoms with Crippen molar-refractivity contribution in [2.24, 2.45) is 0 Å². The van der Waals surface area contributed by atoms with Crippen LogP contribution in [0.15, 0.2) is 385 Å². The maximum absolute atomic E-state index is 7.12. The Bertz CT molecular complexity index is 8610. The van der Waals surface area contributed by atoms with E-state index in [2.05, 4.69) is 404 Å². The van der Waals surface area contributed by atoms with Crippen LogP contribution in [-0.4, -0.2) is 0 Å². The monoisotopic (exact) mass is 1520 g/mol. The van der Waals surface area contributed by atoms with E-state index in [0.29, 0.717) is 0 Å². The van der Waals surface area contributed by atoms with Gasteiger partial charge in [-0.2, -0.15) is 0 Å². The summed E-state index contributed by atoms with van der Waals surface area (Å²) in [4.78, 5) is 0. The summed E-state index contributed by atoms with van der Waals surface area (Å²) in [6.45, 7) is 9.64. The van der Waals surface area contributed by atoms with Crippen LogP contribution in [0.4, 0.5) is 0 Å². The molecule has 2 heteroatoms. The molecule has 0 aliphatic heterocycles. The minimum Gasteiger partial charge on any atom is -0.456 e. The molecular weight excluding hydrogens is 1450 g/mol. The van der Waals surface area contributed by atoms with Crippen molar-refractivity contribution in [3.63, 3.8) is 0 Å². The lowest BCUT2D eigenvalue weighted by atomic mass is 9.78. The van der Waals surface area contributed by atoms with Gasteiger partial charge in [0.1, 0.15) is 22.3 Å². The van der Waals surface area contributed by atoms with E-state index in [-0.39, 0.29) is 10.8 Å². The normalized spacial score (nSPS) is 13.5. The standard InChI is InChI=1S/C118H74O2/c1-117(2)103-59-49-69-43-44-71(62-100(69)113(103)102-66-108-101(65-104(102)117)84-51-46-73(63-106(84)120-108)77-54-56-95(82-31-11-9-29-80(77)82)111-91-37-17-13-33-87(91)109(88-34-14-18-38-92(88)111)85-41-21-25-67-23-5-7-27-75(67)85)70-45-50-79-72(61-70)47-52-97-98-58-60-105-114(116(98)118(3,4)115(79)97)99-53-48-74(64-107(99)119-105)78-55-57-96(83-32-12-10-30-81(78)83)112-93-39-19-15-35-89(93)110(90-36-16-20-40-94(90)112)86-42-22-26-68-24-6-8-28-76(68)86/h5-66H,1-4H3. The molecule has 0 fully saturated rings. The van der Waals surface area contributed by atoms with Gasteiger partial charge in [-0.1, -0.05) is 349 Å². The van der Waals surface area contributed by atoms with Crippen molar-refractivity contribution in [1.29, 1.82) is 0 Å². The fourth-order valence-electron chi connectivity index (χ4n) is 22.5. The van der Waals surface area contributed by atoms with Gasteiger partial charge in [-0.15, -0.1) is 0 Å². The van der Waals surface area contributed by atoms with Gasteiger partial charge in [-0.05, 0) is 285 Å². The van der Waals surface area contributed by atoms with Gasteiger partial charge in [0.05, 0.1) is 0 Å². The Morgan fingerprint density at radius 3 is 1.07 bits per heavy atom. The van der Waals surface area contributed by atoms with Crippen molar-refractivity contribution in [2.45, 2.75) is 38.5 Å². The Labute approximate surface area is 692 Å². The Morgan fingerprint density at radius 2 is 0.533 bits per heavy atom. The Morgan fingerprint density at radius 1 is 0.167 bits per heavy atom.